The third kappa shape index (κ3) is 3.74. The molecule has 2 unspecified atom stereocenters. The summed E-state index contributed by atoms with van der Waals surface area (Å²) in [6.07, 6.45) is 2.92. The lowest BCUT2D eigenvalue weighted by Gasteiger charge is -2.28. The maximum Gasteiger partial charge on any atom is 0.371 e. The van der Waals surface area contributed by atoms with Crippen LogP contribution in [0.3, 0.4) is 0 Å². The molecule has 0 bridgehead atoms. The highest BCUT2D eigenvalue weighted by Crippen LogP contribution is 2.18. The zero-order valence-electron chi connectivity index (χ0n) is 11.0. The lowest BCUT2D eigenvalue weighted by atomic mass is 9.93. The van der Waals surface area contributed by atoms with Crippen molar-refractivity contribution >= 4 is 12.0 Å². The van der Waals surface area contributed by atoms with Crippen LogP contribution in [0.25, 0.3) is 0 Å². The number of urea groups is 1. The number of rotatable bonds is 4. The predicted molar refractivity (Wildman–Crippen MR) is 69.3 cm³/mol. The summed E-state index contributed by atoms with van der Waals surface area (Å²) < 4.78 is 5.02. The van der Waals surface area contributed by atoms with E-state index in [9.17, 15) is 14.7 Å². The molecule has 1 heterocycles. The number of carbonyl (C=O) groups is 2. The zero-order chi connectivity index (χ0) is 14.5. The second-order valence-corrected chi connectivity index (χ2v) is 4.86. The Balaban J connectivity index is 1.78. The van der Waals surface area contributed by atoms with E-state index in [2.05, 4.69) is 10.6 Å². The van der Waals surface area contributed by atoms with Crippen molar-refractivity contribution in [2.24, 2.45) is 0 Å². The molecular weight excluding hydrogens is 264 g/mol. The van der Waals surface area contributed by atoms with Crippen LogP contribution in [-0.2, 0) is 6.54 Å². The third-order valence-electron chi connectivity index (χ3n) is 3.34. The first-order chi connectivity index (χ1) is 9.56. The van der Waals surface area contributed by atoms with E-state index < -0.39 is 18.1 Å². The predicted octanol–water partition coefficient (Wildman–Crippen LogP) is 1.08. The lowest BCUT2D eigenvalue weighted by Crippen LogP contribution is -2.48. The lowest BCUT2D eigenvalue weighted by molar-refractivity contribution is 0.0660. The number of carbonyl (C=O) groups excluding carboxylic acids is 1. The Morgan fingerprint density at radius 1 is 1.30 bits per heavy atom. The Hall–Kier alpha value is -2.02. The summed E-state index contributed by atoms with van der Waals surface area (Å²) in [7, 11) is 0. The second-order valence-electron chi connectivity index (χ2n) is 4.86. The number of hydrogen-bond donors (Lipinski definition) is 4. The summed E-state index contributed by atoms with van der Waals surface area (Å²) >= 11 is 0. The van der Waals surface area contributed by atoms with E-state index in [0.717, 1.165) is 19.3 Å². The summed E-state index contributed by atoms with van der Waals surface area (Å²) in [4.78, 5) is 22.3. The second kappa shape index (κ2) is 6.42. The van der Waals surface area contributed by atoms with Gasteiger partial charge in [-0.3, -0.25) is 0 Å². The molecule has 0 radical (unpaired) electrons. The van der Waals surface area contributed by atoms with Gasteiger partial charge in [-0.1, -0.05) is 12.8 Å². The van der Waals surface area contributed by atoms with Crippen LogP contribution in [0.2, 0.25) is 0 Å². The smallest absolute Gasteiger partial charge is 0.371 e. The van der Waals surface area contributed by atoms with Crippen molar-refractivity contribution < 1.29 is 24.2 Å². The molecule has 1 aliphatic carbocycles. The average molecular weight is 282 g/mol. The number of aromatic carboxylic acids is 1. The molecule has 0 aliphatic heterocycles. The number of aliphatic hydroxyl groups excluding tert-OH is 1. The molecular formula is C13H18N2O5. The monoisotopic (exact) mass is 282 g/mol. The first kappa shape index (κ1) is 14.4. The van der Waals surface area contributed by atoms with Crippen molar-refractivity contribution in [2.75, 3.05) is 0 Å². The van der Waals surface area contributed by atoms with Gasteiger partial charge in [-0.15, -0.1) is 0 Å². The molecule has 1 aromatic heterocycles. The molecule has 1 aliphatic rings. The number of carboxylic acid groups (broad SMARTS) is 1. The zero-order valence-corrected chi connectivity index (χ0v) is 11.0. The third-order valence-corrected chi connectivity index (χ3v) is 3.34. The normalized spacial score (nSPS) is 22.2. The fourth-order valence-electron chi connectivity index (χ4n) is 2.25. The van der Waals surface area contributed by atoms with E-state index in [1.54, 1.807) is 0 Å². The van der Waals surface area contributed by atoms with Crippen LogP contribution in [0, 0.1) is 0 Å². The molecule has 2 amide bonds. The highest BCUT2D eigenvalue weighted by atomic mass is 16.4. The molecule has 2 rings (SSSR count). The molecule has 110 valence electrons. The minimum atomic E-state index is -1.15. The van der Waals surface area contributed by atoms with E-state index in [1.807, 2.05) is 0 Å². The summed E-state index contributed by atoms with van der Waals surface area (Å²) in [6, 6.07) is 2.21. The van der Waals surface area contributed by atoms with Crippen LogP contribution in [0.15, 0.2) is 16.5 Å². The molecule has 4 N–H and O–H groups in total. The molecule has 1 fully saturated rings. The van der Waals surface area contributed by atoms with Gasteiger partial charge in [0.1, 0.15) is 5.76 Å². The van der Waals surface area contributed by atoms with Gasteiger partial charge in [0, 0.05) is 0 Å². The van der Waals surface area contributed by atoms with E-state index in [0.29, 0.717) is 12.2 Å². The molecule has 1 aromatic rings. The van der Waals surface area contributed by atoms with Gasteiger partial charge >= 0.3 is 12.0 Å². The Labute approximate surface area is 116 Å². The Kier molecular flexibility index (Phi) is 4.62. The number of aliphatic hydroxyl groups is 1. The largest absolute Gasteiger partial charge is 0.475 e. The van der Waals surface area contributed by atoms with Crippen LogP contribution < -0.4 is 10.6 Å². The van der Waals surface area contributed by atoms with Crippen molar-refractivity contribution in [3.63, 3.8) is 0 Å². The topological polar surface area (TPSA) is 112 Å². The molecule has 7 heteroatoms. The number of amides is 2. The Morgan fingerprint density at radius 2 is 2.05 bits per heavy atom. The first-order valence-corrected chi connectivity index (χ1v) is 6.60. The Morgan fingerprint density at radius 3 is 2.70 bits per heavy atom. The summed E-state index contributed by atoms with van der Waals surface area (Å²) in [5.41, 5.74) is 0. The first-order valence-electron chi connectivity index (χ1n) is 6.60. The van der Waals surface area contributed by atoms with E-state index in [-0.39, 0.29) is 18.3 Å². The van der Waals surface area contributed by atoms with Crippen LogP contribution in [0.1, 0.15) is 42.0 Å². The van der Waals surface area contributed by atoms with Crippen LogP contribution in [0.5, 0.6) is 0 Å². The number of hydrogen-bond acceptors (Lipinski definition) is 4. The van der Waals surface area contributed by atoms with E-state index >= 15 is 0 Å². The van der Waals surface area contributed by atoms with Gasteiger partial charge < -0.3 is 25.3 Å². The average Bonchev–Trinajstić information content (AvgIpc) is 2.88. The maximum atomic E-state index is 11.7. The fraction of sp³-hybridized carbons (Fsp3) is 0.538. The van der Waals surface area contributed by atoms with Crippen LogP contribution in [0.4, 0.5) is 4.79 Å². The summed E-state index contributed by atoms with van der Waals surface area (Å²) in [5.74, 6) is -0.947. The van der Waals surface area contributed by atoms with Gasteiger partial charge in [-0.25, -0.2) is 9.59 Å². The highest BCUT2D eigenvalue weighted by molar-refractivity contribution is 5.84. The highest BCUT2D eigenvalue weighted by Gasteiger charge is 2.24. The van der Waals surface area contributed by atoms with E-state index in [1.165, 1.54) is 12.1 Å². The van der Waals surface area contributed by atoms with Crippen molar-refractivity contribution in [3.05, 3.63) is 23.7 Å². The summed E-state index contributed by atoms with van der Waals surface area (Å²) in [6.45, 7) is 0.0991. The molecule has 7 nitrogen and oxygen atoms in total. The standard InChI is InChI=1S/C13H18N2O5/c16-10-4-2-1-3-9(10)15-13(19)14-7-8-5-6-11(20-8)12(17)18/h5-6,9-10,16H,1-4,7H2,(H,17,18)(H2,14,15,19). The van der Waals surface area contributed by atoms with Gasteiger partial charge in [0.25, 0.3) is 0 Å². The fourth-order valence-corrected chi connectivity index (χ4v) is 2.25. The van der Waals surface area contributed by atoms with Crippen molar-refractivity contribution in [2.45, 2.75) is 44.4 Å². The molecule has 0 saturated heterocycles. The summed E-state index contributed by atoms with van der Waals surface area (Å²) in [5, 5.41) is 23.7. The minimum absolute atomic E-state index is 0.0991. The number of carboxylic acids is 1. The van der Waals surface area contributed by atoms with Crippen LogP contribution >= 0.6 is 0 Å². The van der Waals surface area contributed by atoms with Crippen molar-refractivity contribution in [3.8, 4) is 0 Å². The van der Waals surface area contributed by atoms with Crippen molar-refractivity contribution in [1.29, 1.82) is 0 Å². The molecule has 2 atom stereocenters. The quantitative estimate of drug-likeness (QED) is 0.660. The van der Waals surface area contributed by atoms with Gasteiger partial charge in [-0.2, -0.15) is 0 Å². The number of nitrogens with one attached hydrogen (secondary N) is 2. The molecule has 1 saturated carbocycles. The van der Waals surface area contributed by atoms with Gasteiger partial charge in [0.05, 0.1) is 18.7 Å². The minimum Gasteiger partial charge on any atom is -0.475 e. The van der Waals surface area contributed by atoms with E-state index in [4.69, 9.17) is 9.52 Å². The molecule has 0 spiro atoms. The maximum absolute atomic E-state index is 11.7. The molecule has 0 aromatic carbocycles. The van der Waals surface area contributed by atoms with Crippen molar-refractivity contribution in [1.82, 2.24) is 10.6 Å². The molecule has 20 heavy (non-hydrogen) atoms. The Bertz CT molecular complexity index is 485. The van der Waals surface area contributed by atoms with Crippen LogP contribution in [-0.4, -0.2) is 34.4 Å². The SMILES string of the molecule is O=C(NCc1ccc(C(=O)O)o1)NC1CCCCC1O. The number of furan rings is 1. The van der Waals surface area contributed by atoms with Gasteiger partial charge in [0.15, 0.2) is 0 Å². The van der Waals surface area contributed by atoms with Gasteiger partial charge in [-0.05, 0) is 25.0 Å². The van der Waals surface area contributed by atoms with Gasteiger partial charge in [0.2, 0.25) is 5.76 Å².